The minimum absolute atomic E-state index is 0.0585. The second-order valence-electron chi connectivity index (χ2n) is 5.78. The average molecular weight is 345 g/mol. The summed E-state index contributed by atoms with van der Waals surface area (Å²) in [4.78, 5) is 25.9. The lowest BCUT2D eigenvalue weighted by Crippen LogP contribution is -2.47. The molecule has 130 valence electrons. The van der Waals surface area contributed by atoms with Crippen molar-refractivity contribution in [1.82, 2.24) is 10.9 Å². The summed E-state index contributed by atoms with van der Waals surface area (Å²) in [6.07, 6.45) is 1.90. The minimum Gasteiger partial charge on any atom is -0.362 e. The zero-order chi connectivity index (χ0) is 17.8. The largest absolute Gasteiger partial charge is 0.362 e. The van der Waals surface area contributed by atoms with Crippen molar-refractivity contribution in [2.45, 2.75) is 12.8 Å². The first-order valence-electron chi connectivity index (χ1n) is 7.91. The van der Waals surface area contributed by atoms with E-state index in [4.69, 9.17) is 0 Å². The van der Waals surface area contributed by atoms with Gasteiger partial charge in [0, 0.05) is 12.2 Å². The number of halogens is 2. The lowest BCUT2D eigenvalue weighted by Gasteiger charge is -2.30. The first kappa shape index (κ1) is 16.9. The number of carbonyl (C=O) groups is 2. The number of anilines is 1. The number of hydrogen-bond donors (Lipinski definition) is 2. The summed E-state index contributed by atoms with van der Waals surface area (Å²) < 4.78 is 26.6. The predicted octanol–water partition coefficient (Wildman–Crippen LogP) is 2.18. The molecule has 0 saturated carbocycles. The Labute approximate surface area is 143 Å². The third-order valence-corrected chi connectivity index (χ3v) is 4.03. The van der Waals surface area contributed by atoms with Crippen LogP contribution < -0.4 is 15.8 Å². The molecule has 0 aromatic heterocycles. The first-order valence-corrected chi connectivity index (χ1v) is 7.91. The van der Waals surface area contributed by atoms with E-state index in [9.17, 15) is 18.4 Å². The highest BCUT2D eigenvalue weighted by Gasteiger charge is 2.19. The molecule has 2 aromatic rings. The number of hydrogen-bond acceptors (Lipinski definition) is 3. The summed E-state index contributed by atoms with van der Waals surface area (Å²) in [6, 6.07) is 10.4. The van der Waals surface area contributed by atoms with E-state index >= 15 is 0 Å². The molecule has 5 nitrogen and oxygen atoms in total. The van der Waals surface area contributed by atoms with Crippen LogP contribution >= 0.6 is 0 Å². The Bertz CT molecular complexity index is 811. The fraction of sp³-hybridized carbons (Fsp3) is 0.222. The van der Waals surface area contributed by atoms with Gasteiger partial charge >= 0.3 is 0 Å². The molecule has 2 aromatic carbocycles. The number of nitrogens with zero attached hydrogens (tertiary/aromatic N) is 1. The smallest absolute Gasteiger partial charge is 0.272 e. The topological polar surface area (TPSA) is 61.4 Å². The quantitative estimate of drug-likeness (QED) is 0.839. The molecule has 1 heterocycles. The highest BCUT2D eigenvalue weighted by Crippen LogP contribution is 2.26. The summed E-state index contributed by atoms with van der Waals surface area (Å²) in [7, 11) is 0. The molecule has 0 aliphatic carbocycles. The zero-order valence-corrected chi connectivity index (χ0v) is 13.4. The fourth-order valence-electron chi connectivity index (χ4n) is 2.85. The number of fused-ring (bicyclic) bond motifs is 1. The van der Waals surface area contributed by atoms with Crippen LogP contribution in [0.25, 0.3) is 0 Å². The Hall–Kier alpha value is -2.96. The maximum absolute atomic E-state index is 13.5. The normalized spacial score (nSPS) is 13.1. The SMILES string of the molecule is O=C(CN1CCCc2ccccc21)NNC(=O)c1cc(F)ccc1F. The van der Waals surface area contributed by atoms with Crippen LogP contribution in [0, 0.1) is 11.6 Å². The van der Waals surface area contributed by atoms with Crippen LogP contribution in [-0.4, -0.2) is 24.9 Å². The van der Waals surface area contributed by atoms with Gasteiger partial charge in [-0.1, -0.05) is 18.2 Å². The van der Waals surface area contributed by atoms with Crippen molar-refractivity contribution in [2.75, 3.05) is 18.0 Å². The fourth-order valence-corrected chi connectivity index (χ4v) is 2.85. The molecule has 3 rings (SSSR count). The predicted molar refractivity (Wildman–Crippen MR) is 88.9 cm³/mol. The summed E-state index contributed by atoms with van der Waals surface area (Å²) >= 11 is 0. The van der Waals surface area contributed by atoms with Gasteiger partial charge in [-0.25, -0.2) is 8.78 Å². The molecule has 2 N–H and O–H groups in total. The summed E-state index contributed by atoms with van der Waals surface area (Å²) in [5.41, 5.74) is 6.04. The van der Waals surface area contributed by atoms with Crippen LogP contribution in [-0.2, 0) is 11.2 Å². The first-order chi connectivity index (χ1) is 12.0. The number of para-hydroxylation sites is 1. The lowest BCUT2D eigenvalue weighted by atomic mass is 10.0. The standard InChI is InChI=1S/C18H17F2N3O2/c19-13-7-8-15(20)14(10-13)18(25)22-21-17(24)11-23-9-3-5-12-4-1-2-6-16(12)23/h1-2,4,6-8,10H,3,5,9,11H2,(H,21,24)(H,22,25). The van der Waals surface area contributed by atoms with Gasteiger partial charge in [0.15, 0.2) is 0 Å². The Balaban J connectivity index is 1.59. The molecule has 7 heteroatoms. The molecule has 0 saturated heterocycles. The van der Waals surface area contributed by atoms with Gasteiger partial charge < -0.3 is 4.90 Å². The second-order valence-corrected chi connectivity index (χ2v) is 5.78. The highest BCUT2D eigenvalue weighted by atomic mass is 19.1. The van der Waals surface area contributed by atoms with E-state index < -0.39 is 29.0 Å². The Morgan fingerprint density at radius 2 is 1.88 bits per heavy atom. The highest BCUT2D eigenvalue weighted by molar-refractivity contribution is 5.96. The molecule has 1 aliphatic rings. The number of aryl methyl sites for hydroxylation is 1. The number of nitrogens with one attached hydrogen (secondary N) is 2. The molecule has 0 spiro atoms. The van der Waals surface area contributed by atoms with Gasteiger partial charge in [0.2, 0.25) is 0 Å². The van der Waals surface area contributed by atoms with E-state index in [2.05, 4.69) is 10.9 Å². The molecular weight excluding hydrogens is 328 g/mol. The number of benzene rings is 2. The van der Waals surface area contributed by atoms with Crippen LogP contribution in [0.2, 0.25) is 0 Å². The molecule has 0 radical (unpaired) electrons. The van der Waals surface area contributed by atoms with Gasteiger partial charge in [0.05, 0.1) is 12.1 Å². The van der Waals surface area contributed by atoms with Crippen LogP contribution in [0.4, 0.5) is 14.5 Å². The molecule has 0 bridgehead atoms. The monoisotopic (exact) mass is 345 g/mol. The number of rotatable bonds is 3. The number of carbonyl (C=O) groups excluding carboxylic acids is 2. The maximum Gasteiger partial charge on any atom is 0.272 e. The van der Waals surface area contributed by atoms with Crippen molar-refractivity contribution in [1.29, 1.82) is 0 Å². The maximum atomic E-state index is 13.5. The molecule has 0 fully saturated rings. The van der Waals surface area contributed by atoms with E-state index in [1.807, 2.05) is 29.2 Å². The molecule has 2 amide bonds. The Morgan fingerprint density at radius 3 is 2.72 bits per heavy atom. The van der Waals surface area contributed by atoms with Crippen LogP contribution in [0.15, 0.2) is 42.5 Å². The Kier molecular flexibility index (Phi) is 4.92. The van der Waals surface area contributed by atoms with Crippen LogP contribution in [0.1, 0.15) is 22.3 Å². The number of amides is 2. The van der Waals surface area contributed by atoms with Crippen molar-refractivity contribution in [3.63, 3.8) is 0 Å². The van der Waals surface area contributed by atoms with Gasteiger partial charge in [0.25, 0.3) is 11.8 Å². The zero-order valence-electron chi connectivity index (χ0n) is 13.4. The van der Waals surface area contributed by atoms with E-state index in [1.165, 1.54) is 5.56 Å². The molecular formula is C18H17F2N3O2. The summed E-state index contributed by atoms with van der Waals surface area (Å²) in [6.45, 7) is 0.791. The minimum atomic E-state index is -0.913. The van der Waals surface area contributed by atoms with Crippen LogP contribution in [0.5, 0.6) is 0 Å². The van der Waals surface area contributed by atoms with Crippen molar-refractivity contribution in [2.24, 2.45) is 0 Å². The van der Waals surface area contributed by atoms with Gasteiger partial charge in [-0.15, -0.1) is 0 Å². The van der Waals surface area contributed by atoms with Crippen molar-refractivity contribution >= 4 is 17.5 Å². The molecule has 25 heavy (non-hydrogen) atoms. The molecule has 1 aliphatic heterocycles. The Morgan fingerprint density at radius 1 is 1.08 bits per heavy atom. The summed E-state index contributed by atoms with van der Waals surface area (Å²) in [5, 5.41) is 0. The second kappa shape index (κ2) is 7.29. The molecule has 0 atom stereocenters. The van der Waals surface area contributed by atoms with Crippen molar-refractivity contribution < 1.29 is 18.4 Å². The van der Waals surface area contributed by atoms with Crippen molar-refractivity contribution in [3.05, 3.63) is 65.2 Å². The third kappa shape index (κ3) is 3.93. The van der Waals surface area contributed by atoms with Gasteiger partial charge in [-0.3, -0.25) is 20.4 Å². The van der Waals surface area contributed by atoms with Crippen LogP contribution in [0.3, 0.4) is 0 Å². The average Bonchev–Trinajstić information content (AvgIpc) is 2.62. The molecule has 0 unspecified atom stereocenters. The van der Waals surface area contributed by atoms with Crippen molar-refractivity contribution in [3.8, 4) is 0 Å². The summed E-state index contributed by atoms with van der Waals surface area (Å²) in [5.74, 6) is -2.95. The van der Waals surface area contributed by atoms with E-state index in [-0.39, 0.29) is 6.54 Å². The van der Waals surface area contributed by atoms with E-state index in [0.29, 0.717) is 0 Å². The van der Waals surface area contributed by atoms with Gasteiger partial charge in [-0.2, -0.15) is 0 Å². The third-order valence-electron chi connectivity index (χ3n) is 4.03. The number of hydrazine groups is 1. The lowest BCUT2D eigenvalue weighted by molar-refractivity contribution is -0.120. The van der Waals surface area contributed by atoms with Gasteiger partial charge in [-0.05, 0) is 42.7 Å². The van der Waals surface area contributed by atoms with Gasteiger partial charge in [0.1, 0.15) is 11.6 Å². The van der Waals surface area contributed by atoms with E-state index in [1.54, 1.807) is 0 Å². The van der Waals surface area contributed by atoms with E-state index in [0.717, 1.165) is 43.3 Å².